The molecular formula is C16H10Br2F3IN2O2S. The van der Waals surface area contributed by atoms with Gasteiger partial charge in [-0.25, -0.2) is 0 Å². The smallest absolute Gasteiger partial charge is 0.418 e. The zero-order valence-electron chi connectivity index (χ0n) is 13.4. The quantitative estimate of drug-likeness (QED) is 0.322. The fourth-order valence-electron chi connectivity index (χ4n) is 2.12. The van der Waals surface area contributed by atoms with Crippen molar-refractivity contribution in [3.63, 3.8) is 0 Å². The van der Waals surface area contributed by atoms with Crippen LogP contribution < -0.4 is 15.4 Å². The number of benzene rings is 2. The topological polar surface area (TPSA) is 50.4 Å². The van der Waals surface area contributed by atoms with Crippen molar-refractivity contribution in [1.29, 1.82) is 0 Å². The SMILES string of the molecule is COc1c(Br)cc(Br)cc1C(=O)NC(=S)Nc1ccc(I)cc1C(F)(F)F. The molecule has 2 rings (SSSR count). The molecule has 2 N–H and O–H groups in total. The Morgan fingerprint density at radius 2 is 1.89 bits per heavy atom. The van der Waals surface area contributed by atoms with Crippen LogP contribution in [0.25, 0.3) is 0 Å². The number of halogens is 6. The third-order valence-electron chi connectivity index (χ3n) is 3.22. The molecule has 144 valence electrons. The maximum absolute atomic E-state index is 13.2. The van der Waals surface area contributed by atoms with Crippen LogP contribution in [0.2, 0.25) is 0 Å². The number of hydrogen-bond donors (Lipinski definition) is 2. The van der Waals surface area contributed by atoms with Gasteiger partial charge in [-0.3, -0.25) is 10.1 Å². The number of alkyl halides is 3. The molecule has 1 amide bonds. The van der Waals surface area contributed by atoms with E-state index in [0.717, 1.165) is 6.07 Å². The Labute approximate surface area is 188 Å². The molecule has 11 heteroatoms. The average Bonchev–Trinajstić information content (AvgIpc) is 2.54. The van der Waals surface area contributed by atoms with Gasteiger partial charge in [0.15, 0.2) is 5.11 Å². The van der Waals surface area contributed by atoms with Gasteiger partial charge in [0.05, 0.1) is 28.4 Å². The fourth-order valence-corrected chi connectivity index (χ4v) is 4.20. The predicted molar refractivity (Wildman–Crippen MR) is 116 cm³/mol. The van der Waals surface area contributed by atoms with Crippen LogP contribution in [-0.4, -0.2) is 18.1 Å². The lowest BCUT2D eigenvalue weighted by molar-refractivity contribution is -0.137. The van der Waals surface area contributed by atoms with Crippen LogP contribution in [0.1, 0.15) is 15.9 Å². The highest BCUT2D eigenvalue weighted by molar-refractivity contribution is 14.1. The number of ether oxygens (including phenoxy) is 1. The first-order valence-electron chi connectivity index (χ1n) is 7.05. The maximum Gasteiger partial charge on any atom is 0.418 e. The van der Waals surface area contributed by atoms with E-state index in [1.807, 2.05) is 0 Å². The monoisotopic (exact) mass is 636 g/mol. The second kappa shape index (κ2) is 9.05. The van der Waals surface area contributed by atoms with E-state index in [0.29, 0.717) is 12.5 Å². The zero-order valence-corrected chi connectivity index (χ0v) is 19.5. The van der Waals surface area contributed by atoms with E-state index in [9.17, 15) is 18.0 Å². The van der Waals surface area contributed by atoms with Crippen LogP contribution in [0, 0.1) is 3.57 Å². The molecule has 0 aliphatic rings. The summed E-state index contributed by atoms with van der Waals surface area (Å²) in [6, 6.07) is 6.93. The van der Waals surface area contributed by atoms with Crippen molar-refractivity contribution in [1.82, 2.24) is 5.32 Å². The van der Waals surface area contributed by atoms with Gasteiger partial charge in [0.25, 0.3) is 5.91 Å². The molecule has 0 bridgehead atoms. The summed E-state index contributed by atoms with van der Waals surface area (Å²) in [4.78, 5) is 12.5. The minimum Gasteiger partial charge on any atom is -0.495 e. The second-order valence-corrected chi connectivity index (χ2v) is 8.49. The molecule has 0 aliphatic carbocycles. The summed E-state index contributed by atoms with van der Waals surface area (Å²) in [6.07, 6.45) is -4.57. The van der Waals surface area contributed by atoms with E-state index < -0.39 is 17.6 Å². The van der Waals surface area contributed by atoms with Gasteiger partial charge >= 0.3 is 6.18 Å². The Kier molecular flexibility index (Phi) is 7.50. The Balaban J connectivity index is 2.24. The molecule has 0 atom stereocenters. The van der Waals surface area contributed by atoms with Crippen molar-refractivity contribution in [2.45, 2.75) is 6.18 Å². The number of nitrogens with one attached hydrogen (secondary N) is 2. The predicted octanol–water partition coefficient (Wildman–Crippen LogP) is 5.97. The lowest BCUT2D eigenvalue weighted by Crippen LogP contribution is -2.35. The molecule has 0 unspecified atom stereocenters. The highest BCUT2D eigenvalue weighted by Gasteiger charge is 2.34. The summed E-state index contributed by atoms with van der Waals surface area (Å²) in [5, 5.41) is 4.51. The molecule has 0 aliphatic heterocycles. The molecule has 0 heterocycles. The van der Waals surface area contributed by atoms with Gasteiger partial charge in [-0.15, -0.1) is 0 Å². The van der Waals surface area contributed by atoms with E-state index in [1.165, 1.54) is 25.3 Å². The first-order valence-corrected chi connectivity index (χ1v) is 10.1. The van der Waals surface area contributed by atoms with E-state index >= 15 is 0 Å². The number of amides is 1. The van der Waals surface area contributed by atoms with Gasteiger partial charge in [0, 0.05) is 8.04 Å². The molecule has 0 radical (unpaired) electrons. The lowest BCUT2D eigenvalue weighted by Gasteiger charge is -2.16. The Hall–Kier alpha value is -0.920. The van der Waals surface area contributed by atoms with Crippen molar-refractivity contribution in [3.8, 4) is 5.75 Å². The van der Waals surface area contributed by atoms with E-state index in [2.05, 4.69) is 42.5 Å². The average molecular weight is 638 g/mol. The van der Waals surface area contributed by atoms with Gasteiger partial charge in [-0.05, 0) is 81.1 Å². The number of carbonyl (C=O) groups excluding carboxylic acids is 1. The second-order valence-electron chi connectivity index (χ2n) is 5.06. The Bertz CT molecular complexity index is 910. The summed E-state index contributed by atoms with van der Waals surface area (Å²) >= 11 is 13.3. The van der Waals surface area contributed by atoms with Crippen molar-refractivity contribution >= 4 is 83.4 Å². The van der Waals surface area contributed by atoms with Crippen LogP contribution in [-0.2, 0) is 6.18 Å². The summed E-state index contributed by atoms with van der Waals surface area (Å²) in [6.45, 7) is 0. The fraction of sp³-hybridized carbons (Fsp3) is 0.125. The third kappa shape index (κ3) is 5.78. The van der Waals surface area contributed by atoms with Gasteiger partial charge < -0.3 is 10.1 Å². The number of rotatable bonds is 3. The van der Waals surface area contributed by atoms with E-state index in [4.69, 9.17) is 17.0 Å². The van der Waals surface area contributed by atoms with Crippen molar-refractivity contribution in [3.05, 3.63) is 54.0 Å². The summed E-state index contributed by atoms with van der Waals surface area (Å²) in [5.74, 6) is -0.367. The normalized spacial score (nSPS) is 11.1. The van der Waals surface area contributed by atoms with Crippen molar-refractivity contribution in [2.24, 2.45) is 0 Å². The molecule has 0 fully saturated rings. The van der Waals surface area contributed by atoms with Gasteiger partial charge in [0.2, 0.25) is 0 Å². The molecule has 0 saturated heterocycles. The van der Waals surface area contributed by atoms with Crippen LogP contribution in [0.15, 0.2) is 39.3 Å². The number of anilines is 1. The highest BCUT2D eigenvalue weighted by atomic mass is 127. The van der Waals surface area contributed by atoms with Gasteiger partial charge in [0.1, 0.15) is 5.75 Å². The molecule has 0 aromatic heterocycles. The minimum absolute atomic E-state index is 0.154. The van der Waals surface area contributed by atoms with Crippen LogP contribution in [0.3, 0.4) is 0 Å². The number of hydrogen-bond acceptors (Lipinski definition) is 3. The van der Waals surface area contributed by atoms with Crippen molar-refractivity contribution in [2.75, 3.05) is 12.4 Å². The molecule has 27 heavy (non-hydrogen) atoms. The molecule has 0 spiro atoms. The molecule has 0 saturated carbocycles. The largest absolute Gasteiger partial charge is 0.495 e. The van der Waals surface area contributed by atoms with Crippen molar-refractivity contribution < 1.29 is 22.7 Å². The first kappa shape index (κ1) is 22.4. The standard InChI is InChI=1S/C16H10Br2F3IN2O2S/c1-26-13-9(4-7(17)5-11(13)18)14(25)24-15(27)23-12-3-2-8(22)6-10(12)16(19,20)21/h2-6H,1H3,(H2,23,24,25,27). The summed E-state index contributed by atoms with van der Waals surface area (Å²) in [7, 11) is 1.39. The summed E-state index contributed by atoms with van der Waals surface area (Å²) in [5.41, 5.74) is -0.981. The van der Waals surface area contributed by atoms with Crippen LogP contribution >= 0.6 is 66.7 Å². The number of thiocarbonyl (C=S) groups is 1. The number of methoxy groups -OCH3 is 1. The van der Waals surface area contributed by atoms with E-state index in [1.54, 1.807) is 28.7 Å². The lowest BCUT2D eigenvalue weighted by atomic mass is 10.1. The Morgan fingerprint density at radius 3 is 2.48 bits per heavy atom. The Morgan fingerprint density at radius 1 is 1.22 bits per heavy atom. The molecular weight excluding hydrogens is 628 g/mol. The number of carbonyl (C=O) groups is 1. The molecule has 2 aromatic rings. The van der Waals surface area contributed by atoms with Gasteiger partial charge in [-0.1, -0.05) is 15.9 Å². The van der Waals surface area contributed by atoms with E-state index in [-0.39, 0.29) is 22.1 Å². The van der Waals surface area contributed by atoms with Crippen LogP contribution in [0.4, 0.5) is 18.9 Å². The zero-order chi connectivity index (χ0) is 20.4. The van der Waals surface area contributed by atoms with Gasteiger partial charge in [-0.2, -0.15) is 13.2 Å². The maximum atomic E-state index is 13.2. The first-order chi connectivity index (χ1) is 12.5. The summed E-state index contributed by atoms with van der Waals surface area (Å²) < 4.78 is 46.3. The van der Waals surface area contributed by atoms with Crippen LogP contribution in [0.5, 0.6) is 5.75 Å². The third-order valence-corrected chi connectivity index (χ3v) is 5.14. The molecule has 2 aromatic carbocycles. The minimum atomic E-state index is -4.57. The highest BCUT2D eigenvalue weighted by Crippen LogP contribution is 2.36. The molecule has 4 nitrogen and oxygen atoms in total.